The summed E-state index contributed by atoms with van der Waals surface area (Å²) in [6.07, 6.45) is -0.115. The molecule has 2 rings (SSSR count). The number of carboxylic acids is 1. The molecule has 0 saturated carbocycles. The zero-order valence-electron chi connectivity index (χ0n) is 10.1. The number of aryl methyl sites for hydroxylation is 2. The molecule has 0 fully saturated rings. The van der Waals surface area contributed by atoms with E-state index in [-0.39, 0.29) is 6.42 Å². The quantitative estimate of drug-likeness (QED) is 0.927. The fraction of sp³-hybridized carbons (Fsp3) is 0.231. The average molecular weight is 265 g/mol. The maximum Gasteiger partial charge on any atom is 0.308 e. The lowest BCUT2D eigenvalue weighted by Crippen LogP contribution is -2.02. The van der Waals surface area contributed by atoms with Gasteiger partial charge in [0.05, 0.1) is 17.8 Å². The number of para-hydroxylation sites is 1. The minimum atomic E-state index is -0.913. The molecule has 1 heterocycles. The van der Waals surface area contributed by atoms with Gasteiger partial charge in [0.2, 0.25) is 0 Å². The fourth-order valence-corrected chi connectivity index (χ4v) is 2.18. The van der Waals surface area contributed by atoms with Crippen molar-refractivity contribution in [2.24, 2.45) is 0 Å². The van der Waals surface area contributed by atoms with Crippen molar-refractivity contribution in [1.29, 1.82) is 0 Å². The molecule has 0 atom stereocenters. The van der Waals surface area contributed by atoms with Gasteiger partial charge in [-0.25, -0.2) is 4.68 Å². The van der Waals surface area contributed by atoms with Gasteiger partial charge >= 0.3 is 5.97 Å². The highest BCUT2D eigenvalue weighted by atomic mass is 35.5. The zero-order valence-corrected chi connectivity index (χ0v) is 10.9. The summed E-state index contributed by atoms with van der Waals surface area (Å²) in [6.45, 7) is 3.72. The lowest BCUT2D eigenvalue weighted by Gasteiger charge is -2.06. The number of halogens is 1. The van der Waals surface area contributed by atoms with Gasteiger partial charge in [-0.1, -0.05) is 29.8 Å². The van der Waals surface area contributed by atoms with E-state index in [1.54, 1.807) is 11.6 Å². The van der Waals surface area contributed by atoms with Crippen LogP contribution < -0.4 is 0 Å². The Morgan fingerprint density at radius 1 is 1.39 bits per heavy atom. The molecule has 18 heavy (non-hydrogen) atoms. The Bertz CT molecular complexity index is 605. The minimum Gasteiger partial charge on any atom is -0.481 e. The number of carbonyl (C=O) groups is 1. The first-order valence-electron chi connectivity index (χ1n) is 5.52. The predicted octanol–water partition coefficient (Wildman–Crippen LogP) is 2.77. The summed E-state index contributed by atoms with van der Waals surface area (Å²) in [7, 11) is 0. The van der Waals surface area contributed by atoms with Crippen molar-refractivity contribution in [3.63, 3.8) is 0 Å². The molecule has 94 valence electrons. The van der Waals surface area contributed by atoms with E-state index in [1.807, 2.05) is 31.2 Å². The van der Waals surface area contributed by atoms with E-state index in [1.165, 1.54) is 0 Å². The molecule has 0 unspecified atom stereocenters. The van der Waals surface area contributed by atoms with Gasteiger partial charge in [0.15, 0.2) is 0 Å². The maximum atomic E-state index is 10.8. The number of benzene rings is 1. The number of aromatic nitrogens is 2. The summed E-state index contributed by atoms with van der Waals surface area (Å²) in [6, 6.07) is 7.69. The molecule has 0 saturated heterocycles. The van der Waals surface area contributed by atoms with Crippen molar-refractivity contribution in [3.8, 4) is 5.69 Å². The van der Waals surface area contributed by atoms with Crippen LogP contribution in [0, 0.1) is 13.8 Å². The van der Waals surface area contributed by atoms with Crippen LogP contribution in [0.15, 0.2) is 24.3 Å². The smallest absolute Gasteiger partial charge is 0.308 e. The number of nitrogens with zero attached hydrogens (tertiary/aromatic N) is 2. The molecule has 0 aliphatic carbocycles. The van der Waals surface area contributed by atoms with Gasteiger partial charge in [-0.2, -0.15) is 5.10 Å². The standard InChI is InChI=1S/C13H13ClN2O2/c1-8-5-3-4-6-11(8)16-13(14)10(7-12(17)18)9(2)15-16/h3-6H,7H2,1-2H3,(H,17,18). The number of aliphatic carboxylic acids is 1. The molecule has 5 heteroatoms. The largest absolute Gasteiger partial charge is 0.481 e. The fourth-order valence-electron chi connectivity index (χ4n) is 1.84. The SMILES string of the molecule is Cc1ccccc1-n1nc(C)c(CC(=O)O)c1Cl. The van der Waals surface area contributed by atoms with Crippen LogP contribution >= 0.6 is 11.6 Å². The summed E-state index contributed by atoms with van der Waals surface area (Å²) < 4.78 is 1.59. The second-order valence-electron chi connectivity index (χ2n) is 4.12. The van der Waals surface area contributed by atoms with Crippen LogP contribution in [0.4, 0.5) is 0 Å². The Labute approximate surface area is 110 Å². The molecule has 1 N–H and O–H groups in total. The van der Waals surface area contributed by atoms with Gasteiger partial charge in [0, 0.05) is 5.56 Å². The first kappa shape index (κ1) is 12.6. The summed E-state index contributed by atoms with van der Waals surface area (Å²) in [5.74, 6) is -0.913. The average Bonchev–Trinajstić information content (AvgIpc) is 2.57. The van der Waals surface area contributed by atoms with Crippen molar-refractivity contribution >= 4 is 17.6 Å². The monoisotopic (exact) mass is 264 g/mol. The van der Waals surface area contributed by atoms with Crippen LogP contribution in [-0.4, -0.2) is 20.9 Å². The topological polar surface area (TPSA) is 55.1 Å². The van der Waals surface area contributed by atoms with Gasteiger partial charge in [0.25, 0.3) is 0 Å². The lowest BCUT2D eigenvalue weighted by molar-refractivity contribution is -0.136. The van der Waals surface area contributed by atoms with Crippen LogP contribution in [-0.2, 0) is 11.2 Å². The van der Waals surface area contributed by atoms with E-state index in [0.29, 0.717) is 16.4 Å². The Hall–Kier alpha value is -1.81. The maximum absolute atomic E-state index is 10.8. The third-order valence-corrected chi connectivity index (χ3v) is 3.18. The van der Waals surface area contributed by atoms with Crippen LogP contribution in [0.2, 0.25) is 5.15 Å². The number of hydrogen-bond acceptors (Lipinski definition) is 2. The molecule has 0 radical (unpaired) electrons. The molecule has 0 aliphatic rings. The molecule has 1 aromatic carbocycles. The molecule has 0 aliphatic heterocycles. The van der Waals surface area contributed by atoms with Gasteiger partial charge in [0.1, 0.15) is 5.15 Å². The van der Waals surface area contributed by atoms with E-state index < -0.39 is 5.97 Å². The van der Waals surface area contributed by atoms with E-state index >= 15 is 0 Å². The first-order chi connectivity index (χ1) is 8.50. The zero-order chi connectivity index (χ0) is 13.3. The number of rotatable bonds is 3. The van der Waals surface area contributed by atoms with Gasteiger partial charge in [-0.3, -0.25) is 4.79 Å². The second kappa shape index (κ2) is 4.82. The molecular weight excluding hydrogens is 252 g/mol. The van der Waals surface area contributed by atoms with Crippen LogP contribution in [0.5, 0.6) is 0 Å². The third-order valence-electron chi connectivity index (χ3n) is 2.79. The van der Waals surface area contributed by atoms with Gasteiger partial charge in [-0.15, -0.1) is 0 Å². The lowest BCUT2D eigenvalue weighted by atomic mass is 10.2. The predicted molar refractivity (Wildman–Crippen MR) is 69.4 cm³/mol. The van der Waals surface area contributed by atoms with Crippen LogP contribution in [0.3, 0.4) is 0 Å². The van der Waals surface area contributed by atoms with Crippen LogP contribution in [0.25, 0.3) is 5.69 Å². The normalized spacial score (nSPS) is 10.6. The van der Waals surface area contributed by atoms with Crippen molar-refractivity contribution in [3.05, 3.63) is 46.2 Å². The number of hydrogen-bond donors (Lipinski definition) is 1. The van der Waals surface area contributed by atoms with Gasteiger partial charge in [-0.05, 0) is 25.5 Å². The molecular formula is C13H13ClN2O2. The highest BCUT2D eigenvalue weighted by molar-refractivity contribution is 6.30. The first-order valence-corrected chi connectivity index (χ1v) is 5.90. The van der Waals surface area contributed by atoms with Crippen molar-refractivity contribution < 1.29 is 9.90 Å². The summed E-state index contributed by atoms with van der Waals surface area (Å²) in [5, 5.41) is 13.5. The van der Waals surface area contributed by atoms with Crippen molar-refractivity contribution in [2.45, 2.75) is 20.3 Å². The van der Waals surface area contributed by atoms with Gasteiger partial charge < -0.3 is 5.11 Å². The number of carboxylic acid groups (broad SMARTS) is 1. The van der Waals surface area contributed by atoms with E-state index in [0.717, 1.165) is 11.3 Å². The van der Waals surface area contributed by atoms with Crippen molar-refractivity contribution in [2.75, 3.05) is 0 Å². The Kier molecular flexibility index (Phi) is 3.39. The highest BCUT2D eigenvalue weighted by Crippen LogP contribution is 2.25. The molecule has 4 nitrogen and oxygen atoms in total. The summed E-state index contributed by atoms with van der Waals surface area (Å²) >= 11 is 6.22. The molecule has 0 bridgehead atoms. The Balaban J connectivity index is 2.54. The second-order valence-corrected chi connectivity index (χ2v) is 4.48. The highest BCUT2D eigenvalue weighted by Gasteiger charge is 2.17. The molecule has 1 aromatic heterocycles. The molecule has 0 spiro atoms. The molecule has 2 aromatic rings. The van der Waals surface area contributed by atoms with Crippen LogP contribution in [0.1, 0.15) is 16.8 Å². The summed E-state index contributed by atoms with van der Waals surface area (Å²) in [4.78, 5) is 10.8. The van der Waals surface area contributed by atoms with E-state index in [9.17, 15) is 4.79 Å². The Morgan fingerprint density at radius 3 is 2.67 bits per heavy atom. The minimum absolute atomic E-state index is 0.115. The third kappa shape index (κ3) is 2.24. The van der Waals surface area contributed by atoms with Crippen molar-refractivity contribution in [1.82, 2.24) is 9.78 Å². The van der Waals surface area contributed by atoms with E-state index in [4.69, 9.17) is 16.7 Å². The summed E-state index contributed by atoms with van der Waals surface area (Å²) in [5.41, 5.74) is 3.10. The Morgan fingerprint density at radius 2 is 2.06 bits per heavy atom. The van der Waals surface area contributed by atoms with E-state index in [2.05, 4.69) is 5.10 Å². The molecule has 0 amide bonds.